The van der Waals surface area contributed by atoms with Crippen molar-refractivity contribution in [1.82, 2.24) is 0 Å². The first-order valence-corrected chi connectivity index (χ1v) is 9.23. The van der Waals surface area contributed by atoms with Crippen molar-refractivity contribution in [3.63, 3.8) is 0 Å². The van der Waals surface area contributed by atoms with Gasteiger partial charge in [0, 0.05) is 13.2 Å². The van der Waals surface area contributed by atoms with Crippen molar-refractivity contribution in [2.45, 2.75) is 90.4 Å². The van der Waals surface area contributed by atoms with Gasteiger partial charge in [-0.25, -0.2) is 0 Å². The van der Waals surface area contributed by atoms with E-state index in [-0.39, 0.29) is 6.61 Å². The maximum Gasteiger partial charge on any atom is 0.0493 e. The maximum absolute atomic E-state index is 9.39. The number of allylic oxidation sites excluding steroid dienone is 1. The van der Waals surface area contributed by atoms with Crippen LogP contribution in [0.25, 0.3) is 0 Å². The van der Waals surface area contributed by atoms with Gasteiger partial charge in [0.2, 0.25) is 0 Å². The normalized spacial score (nSPS) is 13.1. The summed E-state index contributed by atoms with van der Waals surface area (Å²) in [6, 6.07) is 0. The van der Waals surface area contributed by atoms with Crippen LogP contribution in [-0.4, -0.2) is 23.4 Å². The predicted molar refractivity (Wildman–Crippen MR) is 92.5 cm³/mol. The van der Waals surface area contributed by atoms with Crippen LogP contribution in [0.15, 0.2) is 12.2 Å². The Bertz CT molecular complexity index is 214. The van der Waals surface area contributed by atoms with Crippen LogP contribution in [0.2, 0.25) is 0 Å². The van der Waals surface area contributed by atoms with Crippen molar-refractivity contribution in [1.29, 1.82) is 0 Å². The molecule has 0 saturated heterocycles. The summed E-state index contributed by atoms with van der Waals surface area (Å²) in [6.45, 7) is 2.87. The SMILES string of the molecule is CCCCCCC/C=C/C(CO)CCCCCCCCO. The van der Waals surface area contributed by atoms with Crippen molar-refractivity contribution in [2.75, 3.05) is 13.2 Å². The molecule has 0 aliphatic carbocycles. The summed E-state index contributed by atoms with van der Waals surface area (Å²) in [7, 11) is 0. The van der Waals surface area contributed by atoms with Crippen LogP contribution in [0, 0.1) is 5.92 Å². The summed E-state index contributed by atoms with van der Waals surface area (Å²) < 4.78 is 0. The zero-order valence-corrected chi connectivity index (χ0v) is 14.2. The Labute approximate surface area is 132 Å². The van der Waals surface area contributed by atoms with Gasteiger partial charge in [0.05, 0.1) is 0 Å². The molecule has 21 heavy (non-hydrogen) atoms. The van der Waals surface area contributed by atoms with E-state index in [1.165, 1.54) is 64.2 Å². The number of hydrogen-bond donors (Lipinski definition) is 2. The van der Waals surface area contributed by atoms with Gasteiger partial charge in [-0.1, -0.05) is 76.9 Å². The van der Waals surface area contributed by atoms with Gasteiger partial charge >= 0.3 is 0 Å². The topological polar surface area (TPSA) is 40.5 Å². The minimum absolute atomic E-state index is 0.289. The summed E-state index contributed by atoms with van der Waals surface area (Å²) in [6.07, 6.45) is 20.5. The fourth-order valence-corrected chi connectivity index (χ4v) is 2.63. The Kier molecular flexibility index (Phi) is 17.4. The molecule has 0 fully saturated rings. The van der Waals surface area contributed by atoms with Crippen molar-refractivity contribution in [3.05, 3.63) is 12.2 Å². The number of rotatable bonds is 16. The van der Waals surface area contributed by atoms with Gasteiger partial charge in [0.1, 0.15) is 0 Å². The summed E-state index contributed by atoms with van der Waals surface area (Å²) >= 11 is 0. The lowest BCUT2D eigenvalue weighted by Crippen LogP contribution is -2.02. The van der Waals surface area contributed by atoms with Gasteiger partial charge < -0.3 is 10.2 Å². The number of unbranched alkanes of at least 4 members (excludes halogenated alkanes) is 10. The molecule has 1 unspecified atom stereocenters. The van der Waals surface area contributed by atoms with Crippen LogP contribution < -0.4 is 0 Å². The van der Waals surface area contributed by atoms with E-state index in [0.717, 1.165) is 19.3 Å². The van der Waals surface area contributed by atoms with E-state index in [0.29, 0.717) is 12.5 Å². The van der Waals surface area contributed by atoms with Gasteiger partial charge in [-0.3, -0.25) is 0 Å². The molecule has 0 aliphatic rings. The molecule has 0 aliphatic heterocycles. The molecule has 0 aromatic rings. The monoisotopic (exact) mass is 298 g/mol. The van der Waals surface area contributed by atoms with Crippen molar-refractivity contribution < 1.29 is 10.2 Å². The third kappa shape index (κ3) is 15.9. The second kappa shape index (κ2) is 17.7. The fourth-order valence-electron chi connectivity index (χ4n) is 2.63. The minimum Gasteiger partial charge on any atom is -0.396 e. The molecule has 2 heteroatoms. The Balaban J connectivity index is 3.43. The maximum atomic E-state index is 9.39. The predicted octanol–water partition coefficient (Wildman–Crippen LogP) is 5.23. The molecule has 0 rings (SSSR count). The quantitative estimate of drug-likeness (QED) is 0.302. The molecule has 0 aromatic carbocycles. The first-order chi connectivity index (χ1) is 10.3. The molecule has 0 heterocycles. The molecule has 2 nitrogen and oxygen atoms in total. The molecule has 0 amide bonds. The van der Waals surface area contributed by atoms with Crippen molar-refractivity contribution in [3.8, 4) is 0 Å². The Morgan fingerprint density at radius 1 is 0.762 bits per heavy atom. The molecule has 2 N–H and O–H groups in total. The van der Waals surface area contributed by atoms with Gasteiger partial charge in [-0.2, -0.15) is 0 Å². The third-order valence-electron chi connectivity index (χ3n) is 4.10. The van der Waals surface area contributed by atoms with Gasteiger partial charge in [0.25, 0.3) is 0 Å². The van der Waals surface area contributed by atoms with Crippen molar-refractivity contribution >= 4 is 0 Å². The largest absolute Gasteiger partial charge is 0.396 e. The van der Waals surface area contributed by atoms with Crippen molar-refractivity contribution in [2.24, 2.45) is 5.92 Å². The lowest BCUT2D eigenvalue weighted by atomic mass is 9.99. The smallest absolute Gasteiger partial charge is 0.0493 e. The zero-order chi connectivity index (χ0) is 15.6. The lowest BCUT2D eigenvalue weighted by molar-refractivity contribution is 0.242. The van der Waals surface area contributed by atoms with E-state index >= 15 is 0 Å². The highest BCUT2D eigenvalue weighted by molar-refractivity contribution is 4.88. The van der Waals surface area contributed by atoms with Crippen LogP contribution in [0.3, 0.4) is 0 Å². The molecular weight excluding hydrogens is 260 g/mol. The Hall–Kier alpha value is -0.340. The second-order valence-electron chi connectivity index (χ2n) is 6.21. The summed E-state index contributed by atoms with van der Waals surface area (Å²) in [4.78, 5) is 0. The van der Waals surface area contributed by atoms with E-state index in [2.05, 4.69) is 19.1 Å². The van der Waals surface area contributed by atoms with Gasteiger partial charge in [-0.05, 0) is 31.6 Å². The van der Waals surface area contributed by atoms with E-state index in [1.54, 1.807) is 0 Å². The first kappa shape index (κ1) is 20.7. The number of hydrogen-bond acceptors (Lipinski definition) is 2. The molecular formula is C19H38O2. The zero-order valence-electron chi connectivity index (χ0n) is 14.2. The second-order valence-corrected chi connectivity index (χ2v) is 6.21. The number of aliphatic hydroxyl groups excluding tert-OH is 2. The van der Waals surface area contributed by atoms with Crippen LogP contribution in [0.5, 0.6) is 0 Å². The molecule has 0 aromatic heterocycles. The highest BCUT2D eigenvalue weighted by Gasteiger charge is 2.02. The Morgan fingerprint density at radius 2 is 1.38 bits per heavy atom. The van der Waals surface area contributed by atoms with E-state index in [4.69, 9.17) is 5.11 Å². The molecule has 0 saturated carbocycles. The van der Waals surface area contributed by atoms with Crippen LogP contribution in [-0.2, 0) is 0 Å². The highest BCUT2D eigenvalue weighted by Crippen LogP contribution is 2.14. The van der Waals surface area contributed by atoms with E-state index < -0.39 is 0 Å². The molecule has 0 spiro atoms. The Morgan fingerprint density at radius 3 is 2.05 bits per heavy atom. The van der Waals surface area contributed by atoms with Gasteiger partial charge in [0.15, 0.2) is 0 Å². The lowest BCUT2D eigenvalue weighted by Gasteiger charge is -2.09. The fraction of sp³-hybridized carbons (Fsp3) is 0.895. The molecule has 1 atom stereocenters. The van der Waals surface area contributed by atoms with Crippen LogP contribution in [0.1, 0.15) is 90.4 Å². The highest BCUT2D eigenvalue weighted by atomic mass is 16.3. The summed E-state index contributed by atoms with van der Waals surface area (Å²) in [5.74, 6) is 0.359. The summed E-state index contributed by atoms with van der Waals surface area (Å²) in [5, 5.41) is 18.1. The average Bonchev–Trinajstić information content (AvgIpc) is 2.51. The van der Waals surface area contributed by atoms with Crippen LogP contribution in [0.4, 0.5) is 0 Å². The van der Waals surface area contributed by atoms with Gasteiger partial charge in [-0.15, -0.1) is 0 Å². The number of aliphatic hydroxyl groups is 2. The molecule has 126 valence electrons. The minimum atomic E-state index is 0.289. The molecule has 0 radical (unpaired) electrons. The third-order valence-corrected chi connectivity index (χ3v) is 4.10. The standard InChI is InChI=1S/C19H38O2/c1-2-3-4-5-6-9-12-15-19(18-21)16-13-10-7-8-11-14-17-20/h12,15,19-21H,2-11,13-14,16-18H2,1H3/b15-12+. The first-order valence-electron chi connectivity index (χ1n) is 9.23. The molecule has 0 bridgehead atoms. The van der Waals surface area contributed by atoms with E-state index in [1.807, 2.05) is 0 Å². The van der Waals surface area contributed by atoms with E-state index in [9.17, 15) is 5.11 Å². The van der Waals surface area contributed by atoms with Crippen LogP contribution >= 0.6 is 0 Å². The average molecular weight is 299 g/mol. The summed E-state index contributed by atoms with van der Waals surface area (Å²) in [5.41, 5.74) is 0.